The number of nitrogens with zero attached hydrogens (tertiary/aromatic N) is 2. The Labute approximate surface area is 423 Å². The van der Waals surface area contributed by atoms with Gasteiger partial charge in [0, 0.05) is 53.2 Å². The lowest BCUT2D eigenvalue weighted by atomic mass is 9.94. The number of halogens is 9. The van der Waals surface area contributed by atoms with Crippen LogP contribution in [0.15, 0.2) is 60.7 Å². The molecule has 2 saturated heterocycles. The lowest BCUT2D eigenvalue weighted by molar-refractivity contribution is -0.190. The molecular formula is C49H55Cl3F6N4O5S2. The molecule has 20 heteroatoms. The van der Waals surface area contributed by atoms with Crippen LogP contribution in [0.4, 0.5) is 26.3 Å². The van der Waals surface area contributed by atoms with E-state index in [2.05, 4.69) is 27.2 Å². The highest BCUT2D eigenvalue weighted by molar-refractivity contribution is 7.97. The normalized spacial score (nSPS) is 18.2. The van der Waals surface area contributed by atoms with E-state index in [0.29, 0.717) is 48.4 Å². The summed E-state index contributed by atoms with van der Waals surface area (Å²) in [5.74, 6) is -1.25. The SMILES string of the molecule is CCO.CSNC(=O)c1cc(C2CC2)c(OC2CCCN(Cc3ccc(F)cc3Cl)C2)cc1F.O=C(NS)c1cc(C2CC2)c(OCC2CCN(C(c3cc(Cl)cc(Cl)c3)C(F)(F)F)CC2)cc1F. The van der Waals surface area contributed by atoms with E-state index in [-0.39, 0.29) is 76.8 Å². The number of benzene rings is 4. The predicted molar refractivity (Wildman–Crippen MR) is 262 cm³/mol. The van der Waals surface area contributed by atoms with Crippen molar-refractivity contribution >= 4 is 71.4 Å². The Hall–Kier alpha value is -3.55. The van der Waals surface area contributed by atoms with Crippen LogP contribution < -0.4 is 18.9 Å². The lowest BCUT2D eigenvalue weighted by Gasteiger charge is -2.38. The van der Waals surface area contributed by atoms with Gasteiger partial charge < -0.3 is 14.6 Å². The van der Waals surface area contributed by atoms with Crippen molar-refractivity contribution in [2.45, 2.75) is 95.0 Å². The summed E-state index contributed by atoms with van der Waals surface area (Å²) in [4.78, 5) is 27.7. The van der Waals surface area contributed by atoms with E-state index >= 15 is 0 Å². The highest BCUT2D eigenvalue weighted by atomic mass is 35.5. The first-order valence-corrected chi connectivity index (χ1v) is 25.5. The highest BCUT2D eigenvalue weighted by Crippen LogP contribution is 2.47. The summed E-state index contributed by atoms with van der Waals surface area (Å²) < 4.78 is 101. The van der Waals surface area contributed by atoms with Crippen LogP contribution in [0.5, 0.6) is 11.5 Å². The van der Waals surface area contributed by atoms with Gasteiger partial charge in [0.1, 0.15) is 41.1 Å². The maximum absolute atomic E-state index is 14.7. The number of carbonyl (C=O) groups is 2. The lowest BCUT2D eigenvalue weighted by Crippen LogP contribution is -2.43. The zero-order valence-corrected chi connectivity index (χ0v) is 42.0. The molecule has 9 nitrogen and oxygen atoms in total. The smallest absolute Gasteiger partial charge is 0.408 e. The van der Waals surface area contributed by atoms with Crippen molar-refractivity contribution in [3.05, 3.63) is 127 Å². The van der Waals surface area contributed by atoms with Gasteiger partial charge in [0.25, 0.3) is 11.8 Å². The standard InChI is InChI=1S/C24H24Cl2F4N2O2S.C23H25ClF2N2O2S.C2H6O/c25-16-7-15(8-17(26)9-16)22(24(28,29)30)32-5-3-13(4-6-32)12-34-21-11-20(27)19(23(33)31-35)10-18(21)14-1-2-14;1-31-27-23(29)19-10-18(14-4-5-14)22(11-21(19)26)30-17-3-2-8-28(13-17)12-15-6-7-16(25)9-20(15)24;1-2-3/h7-11,13-14,22,35H,1-6,12H2,(H,31,33);6-7,9-11,14,17H,2-5,8,12-13H2,1H3,(H,27,29);3H,2H2,1H3. The molecule has 3 N–H and O–H groups in total. The molecule has 0 radical (unpaired) electrons. The molecule has 0 spiro atoms. The molecule has 2 aliphatic heterocycles. The van der Waals surface area contributed by atoms with Crippen molar-refractivity contribution in [2.75, 3.05) is 45.6 Å². The van der Waals surface area contributed by atoms with Gasteiger partial charge in [0.05, 0.1) is 17.7 Å². The molecule has 4 aromatic carbocycles. The molecule has 2 heterocycles. The number of carbonyl (C=O) groups excluding carboxylic acids is 2. The van der Waals surface area contributed by atoms with E-state index in [1.165, 1.54) is 53.4 Å². The van der Waals surface area contributed by atoms with Crippen LogP contribution in [0.25, 0.3) is 0 Å². The quantitative estimate of drug-likeness (QED) is 0.0563. The number of ether oxygens (including phenoxy) is 2. The average molecular weight is 1060 g/mol. The second-order valence-electron chi connectivity index (χ2n) is 17.5. The van der Waals surface area contributed by atoms with Gasteiger partial charge in [-0.15, -0.1) is 0 Å². The number of piperidine rings is 2. The molecule has 0 aromatic heterocycles. The predicted octanol–water partition coefficient (Wildman–Crippen LogP) is 12.5. The van der Waals surface area contributed by atoms with Crippen LogP contribution in [-0.4, -0.2) is 84.6 Å². The number of nitrogens with one attached hydrogen (secondary N) is 2. The number of likely N-dealkylation sites (tertiary alicyclic amines) is 2. The second kappa shape index (κ2) is 25.2. The molecule has 0 bridgehead atoms. The van der Waals surface area contributed by atoms with Gasteiger partial charge in [-0.1, -0.05) is 65.6 Å². The number of alkyl halides is 3. The topological polar surface area (TPSA) is 103 Å². The van der Waals surface area contributed by atoms with Gasteiger partial charge >= 0.3 is 6.18 Å². The second-order valence-corrected chi connectivity index (χ2v) is 19.6. The van der Waals surface area contributed by atoms with Gasteiger partial charge in [0.15, 0.2) is 0 Å². The fourth-order valence-corrected chi connectivity index (χ4v) is 9.79. The molecule has 4 aliphatic rings. The molecule has 2 atom stereocenters. The molecule has 2 aliphatic carbocycles. The van der Waals surface area contributed by atoms with Crippen molar-refractivity contribution in [3.8, 4) is 11.5 Å². The molecule has 8 rings (SSSR count). The molecule has 69 heavy (non-hydrogen) atoms. The van der Waals surface area contributed by atoms with Crippen molar-refractivity contribution in [2.24, 2.45) is 5.92 Å². The maximum atomic E-state index is 14.7. The van der Waals surface area contributed by atoms with Gasteiger partial charge in [-0.3, -0.25) is 28.8 Å². The highest BCUT2D eigenvalue weighted by Gasteiger charge is 2.46. The minimum Gasteiger partial charge on any atom is -0.493 e. The summed E-state index contributed by atoms with van der Waals surface area (Å²) in [5, 5.41) is 8.29. The Balaban J connectivity index is 0.000000216. The molecule has 2 amide bonds. The van der Waals surface area contributed by atoms with Crippen LogP contribution in [0.2, 0.25) is 15.1 Å². The first-order valence-electron chi connectivity index (χ1n) is 22.7. The van der Waals surface area contributed by atoms with E-state index in [4.69, 9.17) is 49.4 Å². The Bertz CT molecular complexity index is 2390. The summed E-state index contributed by atoms with van der Waals surface area (Å²) in [6, 6.07) is 12.4. The number of hydrogen-bond acceptors (Lipinski definition) is 9. The number of rotatable bonds is 14. The van der Waals surface area contributed by atoms with Crippen LogP contribution >= 0.6 is 59.6 Å². The Kier molecular flexibility index (Phi) is 20.0. The van der Waals surface area contributed by atoms with Crippen LogP contribution in [0, 0.1) is 23.4 Å². The largest absolute Gasteiger partial charge is 0.493 e. The summed E-state index contributed by atoms with van der Waals surface area (Å²) in [5.41, 5.74) is 2.52. The summed E-state index contributed by atoms with van der Waals surface area (Å²) in [6.45, 7) is 4.79. The van der Waals surface area contributed by atoms with Gasteiger partial charge in [-0.25, -0.2) is 13.2 Å². The van der Waals surface area contributed by atoms with Gasteiger partial charge in [-0.05, 0) is 160 Å². The summed E-state index contributed by atoms with van der Waals surface area (Å²) >= 11 is 22.9. The van der Waals surface area contributed by atoms with Crippen molar-refractivity contribution < 1.29 is 50.5 Å². The van der Waals surface area contributed by atoms with E-state index in [0.717, 1.165) is 73.7 Å². The minimum atomic E-state index is -4.49. The first-order chi connectivity index (χ1) is 32.9. The fourth-order valence-electron chi connectivity index (χ4n) is 8.60. The van der Waals surface area contributed by atoms with E-state index in [9.17, 15) is 35.9 Å². The van der Waals surface area contributed by atoms with Gasteiger partial charge in [-0.2, -0.15) is 13.2 Å². The zero-order valence-electron chi connectivity index (χ0n) is 38.0. The van der Waals surface area contributed by atoms with E-state index in [1.807, 2.05) is 0 Å². The number of thiol groups is 1. The average Bonchev–Trinajstić information content (AvgIpc) is 4.23. The molecule has 4 fully saturated rings. The number of aliphatic hydroxyl groups is 1. The van der Waals surface area contributed by atoms with Crippen molar-refractivity contribution in [3.63, 3.8) is 0 Å². The number of aliphatic hydroxyl groups excluding tert-OH is 1. The Morgan fingerprint density at radius 3 is 1.96 bits per heavy atom. The minimum absolute atomic E-state index is 0.0126. The fraction of sp³-hybridized carbons (Fsp3) is 0.469. The summed E-state index contributed by atoms with van der Waals surface area (Å²) in [7, 11) is 0. The van der Waals surface area contributed by atoms with Crippen molar-refractivity contribution in [1.29, 1.82) is 0 Å². The molecule has 376 valence electrons. The monoisotopic (exact) mass is 1060 g/mol. The van der Waals surface area contributed by atoms with Crippen molar-refractivity contribution in [1.82, 2.24) is 19.2 Å². The Morgan fingerprint density at radius 1 is 0.826 bits per heavy atom. The molecule has 2 saturated carbocycles. The maximum Gasteiger partial charge on any atom is 0.408 e. The first kappa shape index (κ1) is 54.8. The number of hydrogen-bond donors (Lipinski definition) is 4. The number of amides is 2. The zero-order chi connectivity index (χ0) is 50.0. The molecule has 2 unspecified atom stereocenters. The third kappa shape index (κ3) is 15.5. The Morgan fingerprint density at radius 2 is 1.41 bits per heavy atom. The third-order valence-corrected chi connectivity index (χ3v) is 13.6. The third-order valence-electron chi connectivity index (χ3n) is 12.2. The van der Waals surface area contributed by atoms with Gasteiger partial charge in [0.2, 0.25) is 0 Å². The van der Waals surface area contributed by atoms with Crippen LogP contribution in [0.3, 0.4) is 0 Å². The summed E-state index contributed by atoms with van der Waals surface area (Å²) in [6.07, 6.45) is 3.83. The molecular weight excluding hydrogens is 1010 g/mol. The van der Waals surface area contributed by atoms with Crippen LogP contribution in [0.1, 0.15) is 119 Å². The van der Waals surface area contributed by atoms with E-state index in [1.54, 1.807) is 25.3 Å². The van der Waals surface area contributed by atoms with Crippen LogP contribution in [-0.2, 0) is 6.54 Å². The molecule has 4 aromatic rings. The van der Waals surface area contributed by atoms with E-state index < -0.39 is 35.7 Å².